The minimum atomic E-state index is -0.600. The third-order valence-corrected chi connectivity index (χ3v) is 5.17. The molecule has 158 valence electrons. The van der Waals surface area contributed by atoms with Gasteiger partial charge in [-0.05, 0) is 36.8 Å². The second kappa shape index (κ2) is 7.98. The summed E-state index contributed by atoms with van der Waals surface area (Å²) in [5.41, 5.74) is 1.98. The number of nitrogens with zero attached hydrogens (tertiary/aromatic N) is 2. The van der Waals surface area contributed by atoms with E-state index in [1.807, 2.05) is 43.3 Å². The van der Waals surface area contributed by atoms with Gasteiger partial charge in [-0.1, -0.05) is 29.8 Å². The molecule has 1 amide bonds. The van der Waals surface area contributed by atoms with Gasteiger partial charge in [0.2, 0.25) is 0 Å². The van der Waals surface area contributed by atoms with Crippen molar-refractivity contribution >= 4 is 16.9 Å². The number of hydrogen-bond donors (Lipinski definition) is 2. The molecule has 0 aliphatic heterocycles. The summed E-state index contributed by atoms with van der Waals surface area (Å²) in [6.07, 6.45) is 1.55. The van der Waals surface area contributed by atoms with Crippen molar-refractivity contribution < 1.29 is 9.53 Å². The molecule has 0 aliphatic rings. The molecule has 4 rings (SSSR count). The first-order valence-corrected chi connectivity index (χ1v) is 9.71. The number of hydrogen-bond acceptors (Lipinski definition) is 4. The van der Waals surface area contributed by atoms with Gasteiger partial charge in [0.15, 0.2) is 0 Å². The largest absolute Gasteiger partial charge is 0.497 e. The van der Waals surface area contributed by atoms with Gasteiger partial charge in [-0.15, -0.1) is 0 Å². The molecule has 2 N–H and O–H groups in total. The van der Waals surface area contributed by atoms with Crippen molar-refractivity contribution in [2.45, 2.75) is 13.5 Å². The fourth-order valence-electron chi connectivity index (χ4n) is 3.49. The summed E-state index contributed by atoms with van der Waals surface area (Å²) in [5, 5.41) is 2.83. The normalized spacial score (nSPS) is 10.9. The maximum atomic E-state index is 13.1. The number of aromatic amines is 1. The van der Waals surface area contributed by atoms with E-state index in [9.17, 15) is 14.4 Å². The van der Waals surface area contributed by atoms with Crippen LogP contribution in [0, 0.1) is 6.92 Å². The van der Waals surface area contributed by atoms with Crippen molar-refractivity contribution in [3.63, 3.8) is 0 Å². The molecule has 0 saturated heterocycles. The molecule has 0 radical (unpaired) electrons. The molecule has 31 heavy (non-hydrogen) atoms. The second-order valence-electron chi connectivity index (χ2n) is 7.31. The number of nitrogens with one attached hydrogen (secondary N) is 2. The average Bonchev–Trinajstić information content (AvgIpc) is 3.10. The molecule has 2 aromatic carbocycles. The average molecular weight is 418 g/mol. The van der Waals surface area contributed by atoms with Crippen LogP contribution in [-0.2, 0) is 13.6 Å². The smallest absolute Gasteiger partial charge is 0.333 e. The van der Waals surface area contributed by atoms with Gasteiger partial charge in [-0.3, -0.25) is 9.59 Å². The van der Waals surface area contributed by atoms with Crippen LogP contribution in [0.2, 0.25) is 0 Å². The number of carbonyl (C=O) groups excluding carboxylic acids is 1. The van der Waals surface area contributed by atoms with E-state index in [-0.39, 0.29) is 22.5 Å². The minimum Gasteiger partial charge on any atom is -0.497 e. The summed E-state index contributed by atoms with van der Waals surface area (Å²) >= 11 is 0. The van der Waals surface area contributed by atoms with Crippen LogP contribution >= 0.6 is 0 Å². The van der Waals surface area contributed by atoms with Gasteiger partial charge < -0.3 is 19.6 Å². The van der Waals surface area contributed by atoms with Crippen LogP contribution < -0.4 is 21.3 Å². The zero-order valence-corrected chi connectivity index (χ0v) is 17.4. The number of aryl methyl sites for hydroxylation is 2. The lowest BCUT2D eigenvalue weighted by atomic mass is 10.2. The Labute approximate surface area is 177 Å². The molecule has 0 bridgehead atoms. The van der Waals surface area contributed by atoms with Crippen LogP contribution in [0.3, 0.4) is 0 Å². The molecule has 0 spiro atoms. The lowest BCUT2D eigenvalue weighted by Gasteiger charge is -2.07. The predicted octanol–water partition coefficient (Wildman–Crippen LogP) is 2.26. The number of methoxy groups -OCH3 is 1. The van der Waals surface area contributed by atoms with Gasteiger partial charge in [-0.2, -0.15) is 0 Å². The Kier molecular flexibility index (Phi) is 5.21. The summed E-state index contributed by atoms with van der Waals surface area (Å²) < 4.78 is 7.76. The van der Waals surface area contributed by atoms with Gasteiger partial charge in [0, 0.05) is 19.8 Å². The van der Waals surface area contributed by atoms with Crippen molar-refractivity contribution in [1.29, 1.82) is 0 Å². The molecule has 8 nitrogen and oxygen atoms in total. The maximum absolute atomic E-state index is 13.1. The van der Waals surface area contributed by atoms with Gasteiger partial charge in [-0.25, -0.2) is 9.36 Å². The lowest BCUT2D eigenvalue weighted by Crippen LogP contribution is -2.34. The standard InChI is InChI=1S/C23H22N4O4/c1-14-4-8-16(9-5-14)27-22(29)20-19(25-23(27)30)18(13-26(20)2)21(28)24-12-15-6-10-17(31-3)11-7-15/h4-11,13H,12H2,1-3H3,(H,24,28)(H,25,30). The van der Waals surface area contributed by atoms with Crippen LogP contribution in [0.15, 0.2) is 64.3 Å². The van der Waals surface area contributed by atoms with Crippen LogP contribution in [0.25, 0.3) is 16.7 Å². The molecular weight excluding hydrogens is 396 g/mol. The molecule has 0 saturated carbocycles. The number of fused-ring (bicyclic) bond motifs is 1. The first-order valence-electron chi connectivity index (χ1n) is 9.71. The van der Waals surface area contributed by atoms with Crippen molar-refractivity contribution in [1.82, 2.24) is 19.4 Å². The van der Waals surface area contributed by atoms with Crippen LogP contribution in [-0.4, -0.2) is 27.1 Å². The molecule has 2 aromatic heterocycles. The van der Waals surface area contributed by atoms with E-state index in [4.69, 9.17) is 4.74 Å². The van der Waals surface area contributed by atoms with E-state index in [2.05, 4.69) is 10.3 Å². The lowest BCUT2D eigenvalue weighted by molar-refractivity contribution is 0.0952. The summed E-state index contributed by atoms with van der Waals surface area (Å²) in [7, 11) is 3.26. The van der Waals surface area contributed by atoms with Crippen LogP contribution in [0.5, 0.6) is 5.75 Å². The first-order chi connectivity index (χ1) is 14.9. The van der Waals surface area contributed by atoms with Crippen molar-refractivity contribution in [2.24, 2.45) is 7.05 Å². The summed E-state index contributed by atoms with van der Waals surface area (Å²) in [6.45, 7) is 2.22. The van der Waals surface area contributed by atoms with Crippen LogP contribution in [0.1, 0.15) is 21.5 Å². The number of ether oxygens (including phenoxy) is 1. The Bertz CT molecular complexity index is 1380. The van der Waals surface area contributed by atoms with Gasteiger partial charge in [0.25, 0.3) is 11.5 Å². The Morgan fingerprint density at radius 3 is 2.39 bits per heavy atom. The summed E-state index contributed by atoms with van der Waals surface area (Å²) in [5.74, 6) is 0.344. The van der Waals surface area contributed by atoms with Gasteiger partial charge in [0.05, 0.1) is 23.9 Å². The van der Waals surface area contributed by atoms with E-state index in [1.54, 1.807) is 37.1 Å². The zero-order chi connectivity index (χ0) is 22.1. The monoisotopic (exact) mass is 418 g/mol. The molecule has 0 aliphatic carbocycles. The number of benzene rings is 2. The molecular formula is C23H22N4O4. The highest BCUT2D eigenvalue weighted by Crippen LogP contribution is 2.16. The highest BCUT2D eigenvalue weighted by Gasteiger charge is 2.20. The van der Waals surface area contributed by atoms with E-state index in [1.165, 1.54) is 0 Å². The van der Waals surface area contributed by atoms with Crippen molar-refractivity contribution in [3.05, 3.63) is 92.3 Å². The van der Waals surface area contributed by atoms with E-state index >= 15 is 0 Å². The van der Waals surface area contributed by atoms with E-state index < -0.39 is 11.2 Å². The highest BCUT2D eigenvalue weighted by molar-refractivity contribution is 6.05. The number of rotatable bonds is 5. The fourth-order valence-corrected chi connectivity index (χ4v) is 3.49. The molecule has 0 fully saturated rings. The minimum absolute atomic E-state index is 0.216. The Morgan fingerprint density at radius 1 is 1.06 bits per heavy atom. The third-order valence-electron chi connectivity index (χ3n) is 5.17. The summed E-state index contributed by atoms with van der Waals surface area (Å²) in [4.78, 5) is 41.3. The third kappa shape index (κ3) is 3.75. The second-order valence-corrected chi connectivity index (χ2v) is 7.31. The van der Waals surface area contributed by atoms with Gasteiger partial charge >= 0.3 is 5.69 Å². The van der Waals surface area contributed by atoms with Crippen molar-refractivity contribution in [2.75, 3.05) is 7.11 Å². The number of H-pyrrole nitrogens is 1. The van der Waals surface area contributed by atoms with E-state index in [0.717, 1.165) is 21.4 Å². The first kappa shape index (κ1) is 20.2. The molecule has 0 atom stereocenters. The number of aromatic nitrogens is 3. The zero-order valence-electron chi connectivity index (χ0n) is 17.4. The maximum Gasteiger partial charge on any atom is 0.333 e. The van der Waals surface area contributed by atoms with Crippen molar-refractivity contribution in [3.8, 4) is 11.4 Å². The topological polar surface area (TPSA) is 98.1 Å². The molecule has 2 heterocycles. The van der Waals surface area contributed by atoms with E-state index in [0.29, 0.717) is 12.2 Å². The fraction of sp³-hybridized carbons (Fsp3) is 0.174. The Balaban J connectivity index is 1.69. The summed E-state index contributed by atoms with van der Waals surface area (Å²) in [6, 6.07) is 14.4. The number of amides is 1. The van der Waals surface area contributed by atoms with Crippen LogP contribution in [0.4, 0.5) is 0 Å². The molecule has 0 unspecified atom stereocenters. The number of carbonyl (C=O) groups is 1. The Hall–Kier alpha value is -4.07. The SMILES string of the molecule is COc1ccc(CNC(=O)c2cn(C)c3c(=O)n(-c4ccc(C)cc4)c(=O)[nH]c23)cc1. The Morgan fingerprint density at radius 2 is 1.74 bits per heavy atom. The molecule has 8 heteroatoms. The predicted molar refractivity (Wildman–Crippen MR) is 118 cm³/mol. The highest BCUT2D eigenvalue weighted by atomic mass is 16.5. The molecule has 4 aromatic rings. The van der Waals surface area contributed by atoms with Gasteiger partial charge in [0.1, 0.15) is 11.3 Å². The quantitative estimate of drug-likeness (QED) is 0.519.